The van der Waals surface area contributed by atoms with Crippen molar-refractivity contribution < 1.29 is 18.4 Å². The van der Waals surface area contributed by atoms with Gasteiger partial charge in [-0.15, -0.1) is 6.58 Å². The molecule has 1 N–H and O–H groups in total. The monoisotopic (exact) mass is 517 g/mol. The topological polar surface area (TPSA) is 77.2 Å². The average molecular weight is 518 g/mol. The van der Waals surface area contributed by atoms with Crippen LogP contribution in [0.1, 0.15) is 62.8 Å². The highest BCUT2D eigenvalue weighted by atomic mass is 19.1. The number of benzene rings is 2. The van der Waals surface area contributed by atoms with Crippen LogP contribution in [0.2, 0.25) is 0 Å². The number of ether oxygens (including phenoxy) is 1. The molecule has 38 heavy (non-hydrogen) atoms. The SMILES string of the molecule is C=CC1C[C@H](OC(=O)C2(c3ccccc3)CCCCCC2)C1CCNCc1nc(-c2ccc(F)cc2)no1. The lowest BCUT2D eigenvalue weighted by atomic mass is 9.68. The van der Waals surface area contributed by atoms with E-state index in [2.05, 4.69) is 34.2 Å². The van der Waals surface area contributed by atoms with E-state index in [9.17, 15) is 9.18 Å². The molecule has 2 aromatic carbocycles. The number of carbonyl (C=O) groups excluding carboxylic acids is 1. The summed E-state index contributed by atoms with van der Waals surface area (Å²) in [5, 5.41) is 7.36. The molecule has 2 aliphatic rings. The molecule has 3 atom stereocenters. The molecule has 0 bridgehead atoms. The van der Waals surface area contributed by atoms with E-state index >= 15 is 0 Å². The van der Waals surface area contributed by atoms with Gasteiger partial charge in [0.1, 0.15) is 11.9 Å². The van der Waals surface area contributed by atoms with Crippen LogP contribution in [-0.4, -0.2) is 28.8 Å². The first-order valence-electron chi connectivity index (χ1n) is 13.8. The second kappa shape index (κ2) is 12.0. The first-order chi connectivity index (χ1) is 18.6. The van der Waals surface area contributed by atoms with Crippen LogP contribution in [0.4, 0.5) is 4.39 Å². The van der Waals surface area contributed by atoms with Crippen LogP contribution in [0.25, 0.3) is 11.4 Å². The number of aromatic nitrogens is 2. The van der Waals surface area contributed by atoms with E-state index in [4.69, 9.17) is 9.26 Å². The molecule has 5 rings (SSSR count). The summed E-state index contributed by atoms with van der Waals surface area (Å²) in [6, 6.07) is 16.2. The van der Waals surface area contributed by atoms with Crippen molar-refractivity contribution in [3.8, 4) is 11.4 Å². The van der Waals surface area contributed by atoms with Crippen molar-refractivity contribution in [3.05, 3.63) is 84.5 Å². The maximum Gasteiger partial charge on any atom is 0.316 e. The molecule has 1 heterocycles. The maximum atomic E-state index is 13.8. The van der Waals surface area contributed by atoms with Crippen molar-refractivity contribution in [2.45, 2.75) is 69.4 Å². The summed E-state index contributed by atoms with van der Waals surface area (Å²) < 4.78 is 24.8. The Hall–Kier alpha value is -3.32. The predicted octanol–water partition coefficient (Wildman–Crippen LogP) is 6.38. The third-order valence-corrected chi connectivity index (χ3v) is 8.27. The molecule has 2 fully saturated rings. The van der Waals surface area contributed by atoms with Crippen molar-refractivity contribution in [2.75, 3.05) is 6.54 Å². The van der Waals surface area contributed by atoms with E-state index in [0.717, 1.165) is 50.6 Å². The van der Waals surface area contributed by atoms with Gasteiger partial charge in [-0.2, -0.15) is 4.98 Å². The van der Waals surface area contributed by atoms with E-state index in [1.807, 2.05) is 24.3 Å². The summed E-state index contributed by atoms with van der Waals surface area (Å²) in [7, 11) is 0. The van der Waals surface area contributed by atoms with E-state index in [0.29, 0.717) is 29.7 Å². The Morgan fingerprint density at radius 1 is 1.11 bits per heavy atom. The molecule has 2 unspecified atom stereocenters. The van der Waals surface area contributed by atoms with Gasteiger partial charge in [0.05, 0.1) is 12.0 Å². The fourth-order valence-electron chi connectivity index (χ4n) is 5.96. The van der Waals surface area contributed by atoms with Crippen LogP contribution < -0.4 is 5.32 Å². The van der Waals surface area contributed by atoms with Gasteiger partial charge in [-0.05, 0) is 68.0 Å². The van der Waals surface area contributed by atoms with Crippen LogP contribution in [0.3, 0.4) is 0 Å². The fourth-order valence-corrected chi connectivity index (χ4v) is 5.96. The largest absolute Gasteiger partial charge is 0.461 e. The number of halogens is 1. The van der Waals surface area contributed by atoms with Gasteiger partial charge in [0.15, 0.2) is 0 Å². The van der Waals surface area contributed by atoms with Crippen molar-refractivity contribution in [1.82, 2.24) is 15.5 Å². The first kappa shape index (κ1) is 26.3. The second-order valence-corrected chi connectivity index (χ2v) is 10.6. The van der Waals surface area contributed by atoms with Gasteiger partial charge >= 0.3 is 5.97 Å². The number of allylic oxidation sites excluding steroid dienone is 1. The molecular formula is C31H36FN3O3. The van der Waals surface area contributed by atoms with Crippen LogP contribution >= 0.6 is 0 Å². The molecule has 7 heteroatoms. The van der Waals surface area contributed by atoms with Gasteiger partial charge in [0.25, 0.3) is 0 Å². The maximum absolute atomic E-state index is 13.8. The van der Waals surface area contributed by atoms with Crippen LogP contribution in [0, 0.1) is 17.7 Å². The summed E-state index contributed by atoms with van der Waals surface area (Å²) in [6.45, 7) is 5.16. The third-order valence-electron chi connectivity index (χ3n) is 8.27. The zero-order chi connectivity index (χ0) is 26.4. The summed E-state index contributed by atoms with van der Waals surface area (Å²) >= 11 is 0. The molecule has 200 valence electrons. The fraction of sp³-hybridized carbons (Fsp3) is 0.452. The highest BCUT2D eigenvalue weighted by Gasteiger charge is 2.47. The lowest BCUT2D eigenvalue weighted by Crippen LogP contribution is -2.48. The molecule has 0 amide bonds. The highest BCUT2D eigenvalue weighted by Crippen LogP contribution is 2.44. The molecule has 0 radical (unpaired) electrons. The Kier molecular flexibility index (Phi) is 8.32. The average Bonchev–Trinajstić information content (AvgIpc) is 3.26. The molecule has 0 spiro atoms. The number of nitrogens with one attached hydrogen (secondary N) is 1. The third kappa shape index (κ3) is 5.73. The van der Waals surface area contributed by atoms with Crippen LogP contribution in [-0.2, 0) is 21.5 Å². The highest BCUT2D eigenvalue weighted by molar-refractivity contribution is 5.83. The van der Waals surface area contributed by atoms with Crippen LogP contribution in [0.15, 0.2) is 71.8 Å². The van der Waals surface area contributed by atoms with Crippen molar-refractivity contribution in [2.24, 2.45) is 11.8 Å². The summed E-state index contributed by atoms with van der Waals surface area (Å²) in [5.41, 5.74) is 1.25. The number of carbonyl (C=O) groups is 1. The lowest BCUT2D eigenvalue weighted by Gasteiger charge is -2.44. The Labute approximate surface area is 223 Å². The predicted molar refractivity (Wildman–Crippen MR) is 144 cm³/mol. The molecular weight excluding hydrogens is 481 g/mol. The van der Waals surface area contributed by atoms with E-state index in [-0.39, 0.29) is 23.8 Å². The van der Waals surface area contributed by atoms with Gasteiger partial charge < -0.3 is 14.6 Å². The Balaban J connectivity index is 1.16. The molecule has 0 aliphatic heterocycles. The summed E-state index contributed by atoms with van der Waals surface area (Å²) in [4.78, 5) is 18.2. The van der Waals surface area contributed by atoms with Gasteiger partial charge in [-0.3, -0.25) is 4.79 Å². The molecule has 2 saturated carbocycles. The van der Waals surface area contributed by atoms with E-state index < -0.39 is 5.41 Å². The minimum atomic E-state index is -0.542. The van der Waals surface area contributed by atoms with Gasteiger partial charge in [-0.25, -0.2) is 4.39 Å². The van der Waals surface area contributed by atoms with Crippen molar-refractivity contribution in [1.29, 1.82) is 0 Å². The standard InChI is InChI=1S/C31H36FN3O3/c1-2-22-20-27(37-30(36)31(17-8-3-4-9-18-31)24-10-6-5-7-11-24)26(22)16-19-33-21-28-34-29(35-38-28)23-12-14-25(32)15-13-23/h2,5-7,10-15,22,26-27,33H,1,3-4,8-9,16-21H2/t22?,26?,27-/m0/s1. The smallest absolute Gasteiger partial charge is 0.316 e. The number of rotatable bonds is 10. The Morgan fingerprint density at radius 2 is 1.84 bits per heavy atom. The number of nitrogens with zero attached hydrogens (tertiary/aromatic N) is 2. The number of esters is 1. The quantitative estimate of drug-likeness (QED) is 0.146. The second-order valence-electron chi connectivity index (χ2n) is 10.6. The van der Waals surface area contributed by atoms with E-state index in [1.54, 1.807) is 12.1 Å². The molecule has 2 aliphatic carbocycles. The van der Waals surface area contributed by atoms with Crippen molar-refractivity contribution >= 4 is 5.97 Å². The Morgan fingerprint density at radius 3 is 2.55 bits per heavy atom. The first-order valence-corrected chi connectivity index (χ1v) is 13.8. The Bertz CT molecular complexity index is 1200. The summed E-state index contributed by atoms with van der Waals surface area (Å²) in [5.74, 6) is 1.12. The molecule has 3 aromatic rings. The number of hydrogen-bond acceptors (Lipinski definition) is 6. The zero-order valence-corrected chi connectivity index (χ0v) is 21.8. The van der Waals surface area contributed by atoms with Gasteiger partial charge in [-0.1, -0.05) is 67.2 Å². The minimum Gasteiger partial charge on any atom is -0.461 e. The summed E-state index contributed by atoms with van der Waals surface area (Å²) in [6.07, 6.45) is 9.72. The van der Waals surface area contributed by atoms with Gasteiger partial charge in [0, 0.05) is 11.5 Å². The van der Waals surface area contributed by atoms with Crippen molar-refractivity contribution in [3.63, 3.8) is 0 Å². The lowest BCUT2D eigenvalue weighted by molar-refractivity contribution is -0.169. The molecule has 1 aromatic heterocycles. The molecule has 0 saturated heterocycles. The van der Waals surface area contributed by atoms with E-state index in [1.165, 1.54) is 25.0 Å². The molecule has 6 nitrogen and oxygen atoms in total. The normalized spacial score (nSPS) is 22.7. The zero-order valence-electron chi connectivity index (χ0n) is 21.8. The minimum absolute atomic E-state index is 0.0600. The van der Waals surface area contributed by atoms with Gasteiger partial charge in [0.2, 0.25) is 11.7 Å². The number of hydrogen-bond donors (Lipinski definition) is 1. The van der Waals surface area contributed by atoms with Crippen LogP contribution in [0.5, 0.6) is 0 Å².